The van der Waals surface area contributed by atoms with Crippen LogP contribution in [-0.2, 0) is 26.7 Å². The van der Waals surface area contributed by atoms with Crippen molar-refractivity contribution in [2.24, 2.45) is 0 Å². The van der Waals surface area contributed by atoms with Gasteiger partial charge < -0.3 is 16.0 Å². The van der Waals surface area contributed by atoms with Gasteiger partial charge in [0.2, 0.25) is 5.91 Å². The molecule has 0 saturated carbocycles. The zero-order valence-electron chi connectivity index (χ0n) is 14.8. The Hall–Kier alpha value is -3.57. The predicted octanol–water partition coefficient (Wildman–Crippen LogP) is 3.42. The molecule has 2 aromatic carbocycles. The molecule has 6 nitrogen and oxygen atoms in total. The monoisotopic (exact) mass is 433 g/mol. The van der Waals surface area contributed by atoms with Crippen molar-refractivity contribution in [1.82, 2.24) is 5.32 Å². The van der Waals surface area contributed by atoms with Crippen molar-refractivity contribution >= 4 is 29.1 Å². The number of halogens is 6. The first kappa shape index (κ1) is 22.7. The van der Waals surface area contributed by atoms with Crippen LogP contribution in [0.25, 0.3) is 0 Å². The molecule has 0 aromatic heterocycles. The van der Waals surface area contributed by atoms with E-state index in [9.17, 15) is 40.7 Å². The first-order valence-electron chi connectivity index (χ1n) is 8.10. The van der Waals surface area contributed by atoms with Gasteiger partial charge in [0.25, 0.3) is 0 Å². The predicted molar refractivity (Wildman–Crippen MR) is 93.2 cm³/mol. The highest BCUT2D eigenvalue weighted by Gasteiger charge is 2.33. The van der Waals surface area contributed by atoms with Crippen LogP contribution in [-0.4, -0.2) is 24.3 Å². The van der Waals surface area contributed by atoms with Crippen molar-refractivity contribution in [1.29, 1.82) is 0 Å². The highest BCUT2D eigenvalue weighted by atomic mass is 19.4. The molecular formula is C18H13F6N3O3. The van der Waals surface area contributed by atoms with Gasteiger partial charge in [-0.05, 0) is 30.3 Å². The summed E-state index contributed by atoms with van der Waals surface area (Å²) in [5.41, 5.74) is -3.01. The number of alkyl halides is 6. The normalized spacial score (nSPS) is 11.5. The Morgan fingerprint density at radius 2 is 1.43 bits per heavy atom. The highest BCUT2D eigenvalue weighted by Crippen LogP contribution is 2.34. The molecule has 2 aromatic rings. The Morgan fingerprint density at radius 1 is 0.767 bits per heavy atom. The third kappa shape index (κ3) is 6.22. The van der Waals surface area contributed by atoms with Crippen LogP contribution < -0.4 is 16.0 Å². The first-order valence-corrected chi connectivity index (χ1v) is 8.10. The average Bonchev–Trinajstić information content (AvgIpc) is 2.65. The fraction of sp³-hybridized carbons (Fsp3) is 0.167. The largest absolute Gasteiger partial charge is 0.418 e. The van der Waals surface area contributed by atoms with Crippen LogP contribution in [0.5, 0.6) is 0 Å². The van der Waals surface area contributed by atoms with E-state index >= 15 is 0 Å². The summed E-state index contributed by atoms with van der Waals surface area (Å²) in [7, 11) is 0. The highest BCUT2D eigenvalue weighted by molar-refractivity contribution is 6.39. The molecular weight excluding hydrogens is 420 g/mol. The molecule has 12 heteroatoms. The maximum Gasteiger partial charge on any atom is 0.418 e. The fourth-order valence-corrected chi connectivity index (χ4v) is 2.24. The molecule has 0 saturated heterocycles. The van der Waals surface area contributed by atoms with Gasteiger partial charge in [-0.25, -0.2) is 0 Å². The third-order valence-corrected chi connectivity index (χ3v) is 3.57. The number of rotatable bonds is 4. The molecule has 3 N–H and O–H groups in total. The number of benzene rings is 2. The number of carbonyl (C=O) groups is 3. The minimum absolute atomic E-state index is 0.312. The lowest BCUT2D eigenvalue weighted by molar-refractivity contribution is -0.138. The van der Waals surface area contributed by atoms with E-state index < -0.39 is 53.4 Å². The number of amides is 3. The zero-order valence-corrected chi connectivity index (χ0v) is 14.8. The van der Waals surface area contributed by atoms with Crippen LogP contribution >= 0.6 is 0 Å². The van der Waals surface area contributed by atoms with Crippen molar-refractivity contribution in [3.8, 4) is 0 Å². The van der Waals surface area contributed by atoms with Gasteiger partial charge in [0, 0.05) is 5.69 Å². The van der Waals surface area contributed by atoms with E-state index in [1.165, 1.54) is 6.07 Å². The Kier molecular flexibility index (Phi) is 6.70. The molecule has 0 aliphatic heterocycles. The Morgan fingerprint density at radius 3 is 2.07 bits per heavy atom. The lowest BCUT2D eigenvalue weighted by Gasteiger charge is -2.13. The van der Waals surface area contributed by atoms with Crippen LogP contribution in [0.4, 0.5) is 37.7 Å². The SMILES string of the molecule is O=C(CNC(=O)C(=O)Nc1cccc(C(F)(F)F)c1)Nc1ccccc1C(F)(F)F. The fourth-order valence-electron chi connectivity index (χ4n) is 2.24. The van der Waals surface area contributed by atoms with Crippen molar-refractivity contribution in [3.63, 3.8) is 0 Å². The molecule has 2 rings (SSSR count). The second-order valence-corrected chi connectivity index (χ2v) is 5.81. The smallest absolute Gasteiger partial charge is 0.339 e. The minimum atomic E-state index is -4.72. The van der Waals surface area contributed by atoms with E-state index in [0.29, 0.717) is 6.07 Å². The summed E-state index contributed by atoms with van der Waals surface area (Å²) >= 11 is 0. The standard InChI is InChI=1S/C18H13F6N3O3/c19-17(20,21)10-4-3-5-11(8-10)26-16(30)15(29)25-9-14(28)27-13-7-2-1-6-12(13)18(22,23)24/h1-8H,9H2,(H,25,29)(H,26,30)(H,27,28). The summed E-state index contributed by atoms with van der Waals surface area (Å²) in [5.74, 6) is -3.78. The molecule has 0 aliphatic rings. The van der Waals surface area contributed by atoms with E-state index in [2.05, 4.69) is 0 Å². The Balaban J connectivity index is 1.93. The summed E-state index contributed by atoms with van der Waals surface area (Å²) < 4.78 is 76.6. The van der Waals surface area contributed by atoms with Crippen LogP contribution in [0.3, 0.4) is 0 Å². The van der Waals surface area contributed by atoms with Crippen LogP contribution in [0.1, 0.15) is 11.1 Å². The number of carbonyl (C=O) groups excluding carboxylic acids is 3. The van der Waals surface area contributed by atoms with Crippen molar-refractivity contribution in [2.45, 2.75) is 12.4 Å². The van der Waals surface area contributed by atoms with Gasteiger partial charge in [0.1, 0.15) is 0 Å². The molecule has 0 fully saturated rings. The van der Waals surface area contributed by atoms with Crippen LogP contribution in [0, 0.1) is 0 Å². The van der Waals surface area contributed by atoms with Gasteiger partial charge >= 0.3 is 24.2 Å². The number of para-hydroxylation sites is 1. The Bertz CT molecular complexity index is 957. The van der Waals surface area contributed by atoms with Gasteiger partial charge in [-0.2, -0.15) is 26.3 Å². The number of anilines is 2. The molecule has 0 aliphatic carbocycles. The second-order valence-electron chi connectivity index (χ2n) is 5.81. The van der Waals surface area contributed by atoms with Gasteiger partial charge in [-0.3, -0.25) is 14.4 Å². The van der Waals surface area contributed by atoms with E-state index in [1.54, 1.807) is 0 Å². The minimum Gasteiger partial charge on any atom is -0.339 e. The summed E-state index contributed by atoms with van der Waals surface area (Å²) in [6.45, 7) is -0.846. The summed E-state index contributed by atoms with van der Waals surface area (Å²) in [6.07, 6.45) is -9.38. The number of hydrogen-bond acceptors (Lipinski definition) is 3. The number of hydrogen-bond donors (Lipinski definition) is 3. The van der Waals surface area contributed by atoms with E-state index in [-0.39, 0.29) is 5.69 Å². The second kappa shape index (κ2) is 8.84. The van der Waals surface area contributed by atoms with Crippen molar-refractivity contribution < 1.29 is 40.7 Å². The Labute approximate surface area is 165 Å². The molecule has 30 heavy (non-hydrogen) atoms. The van der Waals surface area contributed by atoms with E-state index in [1.807, 2.05) is 16.0 Å². The zero-order chi connectivity index (χ0) is 22.5. The molecule has 3 amide bonds. The lowest BCUT2D eigenvalue weighted by atomic mass is 10.1. The topological polar surface area (TPSA) is 87.3 Å². The summed E-state index contributed by atoms with van der Waals surface area (Å²) in [4.78, 5) is 35.2. The third-order valence-electron chi connectivity index (χ3n) is 3.57. The molecule has 0 radical (unpaired) electrons. The molecule has 0 bridgehead atoms. The number of nitrogens with one attached hydrogen (secondary N) is 3. The van der Waals surface area contributed by atoms with Crippen molar-refractivity contribution in [2.75, 3.05) is 17.2 Å². The quantitative estimate of drug-likeness (QED) is 0.510. The average molecular weight is 433 g/mol. The summed E-state index contributed by atoms with van der Waals surface area (Å²) in [6, 6.07) is 7.62. The van der Waals surface area contributed by atoms with Crippen LogP contribution in [0.15, 0.2) is 48.5 Å². The molecule has 0 heterocycles. The first-order chi connectivity index (χ1) is 13.9. The molecule has 0 spiro atoms. The van der Waals surface area contributed by atoms with Gasteiger partial charge in [-0.1, -0.05) is 18.2 Å². The van der Waals surface area contributed by atoms with Crippen molar-refractivity contribution in [3.05, 3.63) is 59.7 Å². The van der Waals surface area contributed by atoms with Crippen LogP contribution in [0.2, 0.25) is 0 Å². The molecule has 0 unspecified atom stereocenters. The van der Waals surface area contributed by atoms with Gasteiger partial charge in [-0.15, -0.1) is 0 Å². The summed E-state index contributed by atoms with van der Waals surface area (Å²) in [5, 5.41) is 5.74. The maximum atomic E-state index is 12.9. The van der Waals surface area contributed by atoms with Gasteiger partial charge in [0.05, 0.1) is 23.4 Å². The molecule has 0 atom stereocenters. The van der Waals surface area contributed by atoms with Gasteiger partial charge in [0.15, 0.2) is 0 Å². The lowest BCUT2D eigenvalue weighted by Crippen LogP contribution is -2.40. The van der Waals surface area contributed by atoms with E-state index in [0.717, 1.165) is 36.4 Å². The van der Waals surface area contributed by atoms with E-state index in [4.69, 9.17) is 0 Å². The molecule has 160 valence electrons. The maximum absolute atomic E-state index is 12.9.